The van der Waals surface area contributed by atoms with Crippen molar-refractivity contribution in [3.8, 4) is 17.2 Å². The number of benzene rings is 2. The first kappa shape index (κ1) is 16.3. The summed E-state index contributed by atoms with van der Waals surface area (Å²) in [5.41, 5.74) is 1.24. The average Bonchev–Trinajstić information content (AvgIpc) is 2.98. The molecule has 0 atom stereocenters. The molecule has 7 heteroatoms. The molecule has 0 bridgehead atoms. The zero-order valence-electron chi connectivity index (χ0n) is 13.6. The van der Waals surface area contributed by atoms with Crippen LogP contribution in [0.4, 0.5) is 0 Å². The zero-order valence-corrected chi connectivity index (χ0v) is 14.4. The van der Waals surface area contributed by atoms with E-state index in [1.54, 1.807) is 16.8 Å². The van der Waals surface area contributed by atoms with Gasteiger partial charge in [-0.2, -0.15) is 4.68 Å². The minimum atomic E-state index is -0.267. The van der Waals surface area contributed by atoms with E-state index in [1.807, 2.05) is 51.1 Å². The fourth-order valence-corrected chi connectivity index (χ4v) is 3.15. The van der Waals surface area contributed by atoms with Gasteiger partial charge in [0.2, 0.25) is 5.16 Å². The average molecular weight is 342 g/mol. The minimum Gasteiger partial charge on any atom is -0.508 e. The molecular weight excluding hydrogens is 324 g/mol. The van der Waals surface area contributed by atoms with E-state index in [4.69, 9.17) is 0 Å². The van der Waals surface area contributed by atoms with Gasteiger partial charge in [0.25, 0.3) is 0 Å². The first-order chi connectivity index (χ1) is 11.4. The van der Waals surface area contributed by atoms with Crippen molar-refractivity contribution in [2.75, 3.05) is 0 Å². The standard InChI is InChI=1S/C17H18N4O2S/c1-17(2,3)12-9-14(23)15(10-13(12)22)24-16-18-19-20-21(16)11-7-5-4-6-8-11/h4-10,22-23H,1-3H3. The molecule has 3 aromatic rings. The topological polar surface area (TPSA) is 84.1 Å². The first-order valence-corrected chi connectivity index (χ1v) is 8.26. The number of tetrazole rings is 1. The van der Waals surface area contributed by atoms with Crippen molar-refractivity contribution in [3.05, 3.63) is 48.0 Å². The third-order valence-corrected chi connectivity index (χ3v) is 4.51. The third kappa shape index (κ3) is 3.21. The smallest absolute Gasteiger partial charge is 0.219 e. The fourth-order valence-electron chi connectivity index (χ4n) is 2.31. The van der Waals surface area contributed by atoms with Crippen LogP contribution in [0.1, 0.15) is 26.3 Å². The summed E-state index contributed by atoms with van der Waals surface area (Å²) in [7, 11) is 0. The lowest BCUT2D eigenvalue weighted by Crippen LogP contribution is -2.11. The van der Waals surface area contributed by atoms with Crippen molar-refractivity contribution >= 4 is 11.8 Å². The highest BCUT2D eigenvalue weighted by atomic mass is 32.2. The van der Waals surface area contributed by atoms with E-state index >= 15 is 0 Å². The number of rotatable bonds is 3. The number of aromatic nitrogens is 4. The van der Waals surface area contributed by atoms with Crippen LogP contribution in [0.25, 0.3) is 5.69 Å². The van der Waals surface area contributed by atoms with E-state index in [0.717, 1.165) is 5.69 Å². The molecule has 0 amide bonds. The number of para-hydroxylation sites is 1. The Morgan fingerprint density at radius 2 is 1.71 bits per heavy atom. The summed E-state index contributed by atoms with van der Waals surface area (Å²) in [5, 5.41) is 32.8. The maximum absolute atomic E-state index is 10.3. The Morgan fingerprint density at radius 1 is 1.00 bits per heavy atom. The number of hydrogen-bond acceptors (Lipinski definition) is 6. The normalized spacial score (nSPS) is 11.6. The Balaban J connectivity index is 1.96. The maximum atomic E-state index is 10.3. The predicted molar refractivity (Wildman–Crippen MR) is 91.7 cm³/mol. The second-order valence-electron chi connectivity index (χ2n) is 6.40. The molecule has 0 aliphatic heterocycles. The van der Waals surface area contributed by atoms with Gasteiger partial charge in [-0.05, 0) is 51.9 Å². The monoisotopic (exact) mass is 342 g/mol. The van der Waals surface area contributed by atoms with Gasteiger partial charge in [-0.25, -0.2) is 0 Å². The first-order valence-electron chi connectivity index (χ1n) is 7.44. The van der Waals surface area contributed by atoms with Crippen LogP contribution in [0.5, 0.6) is 11.5 Å². The molecule has 0 saturated carbocycles. The molecule has 6 nitrogen and oxygen atoms in total. The number of phenolic OH excluding ortho intramolecular Hbond substituents is 2. The lowest BCUT2D eigenvalue weighted by atomic mass is 9.86. The number of hydrogen-bond donors (Lipinski definition) is 2. The molecule has 0 radical (unpaired) electrons. The van der Waals surface area contributed by atoms with Gasteiger partial charge in [0.05, 0.1) is 10.6 Å². The van der Waals surface area contributed by atoms with Crippen LogP contribution in [0.3, 0.4) is 0 Å². The highest BCUT2D eigenvalue weighted by Gasteiger charge is 2.21. The Labute approximate surface area is 144 Å². The number of aromatic hydroxyl groups is 2. The minimum absolute atomic E-state index is 0.0883. The molecule has 0 unspecified atom stereocenters. The van der Waals surface area contributed by atoms with Crippen LogP contribution in [-0.4, -0.2) is 30.4 Å². The SMILES string of the molecule is CC(C)(C)c1cc(O)c(Sc2nnnn2-c2ccccc2)cc1O. The van der Waals surface area contributed by atoms with E-state index in [2.05, 4.69) is 15.5 Å². The number of nitrogens with zero attached hydrogens (tertiary/aromatic N) is 4. The summed E-state index contributed by atoms with van der Waals surface area (Å²) >= 11 is 1.19. The van der Waals surface area contributed by atoms with E-state index in [1.165, 1.54) is 11.8 Å². The van der Waals surface area contributed by atoms with Crippen LogP contribution in [-0.2, 0) is 5.41 Å². The predicted octanol–water partition coefficient (Wildman–Crippen LogP) is 3.52. The van der Waals surface area contributed by atoms with Crippen LogP contribution < -0.4 is 0 Å². The van der Waals surface area contributed by atoms with Gasteiger partial charge in [0, 0.05) is 5.56 Å². The van der Waals surface area contributed by atoms with Gasteiger partial charge in [-0.15, -0.1) is 5.10 Å². The van der Waals surface area contributed by atoms with Crippen molar-refractivity contribution in [1.82, 2.24) is 20.2 Å². The Hall–Kier alpha value is -2.54. The highest BCUT2D eigenvalue weighted by molar-refractivity contribution is 7.99. The fraction of sp³-hybridized carbons (Fsp3) is 0.235. The van der Waals surface area contributed by atoms with Gasteiger partial charge in [-0.3, -0.25) is 0 Å². The molecule has 2 N–H and O–H groups in total. The van der Waals surface area contributed by atoms with E-state index in [9.17, 15) is 10.2 Å². The van der Waals surface area contributed by atoms with E-state index in [0.29, 0.717) is 15.6 Å². The molecule has 0 spiro atoms. The van der Waals surface area contributed by atoms with Gasteiger partial charge >= 0.3 is 0 Å². The molecule has 1 heterocycles. The van der Waals surface area contributed by atoms with Gasteiger partial charge < -0.3 is 10.2 Å². The highest BCUT2D eigenvalue weighted by Crippen LogP contribution is 2.41. The van der Waals surface area contributed by atoms with Crippen molar-refractivity contribution in [3.63, 3.8) is 0 Å². The molecule has 3 rings (SSSR count). The molecule has 0 fully saturated rings. The molecule has 0 aliphatic carbocycles. The summed E-state index contributed by atoms with van der Waals surface area (Å²) < 4.78 is 1.58. The van der Waals surface area contributed by atoms with Crippen LogP contribution >= 0.6 is 11.8 Å². The maximum Gasteiger partial charge on any atom is 0.219 e. The van der Waals surface area contributed by atoms with E-state index in [-0.39, 0.29) is 16.9 Å². The summed E-state index contributed by atoms with van der Waals surface area (Å²) in [6.45, 7) is 5.93. The van der Waals surface area contributed by atoms with Crippen molar-refractivity contribution in [2.45, 2.75) is 36.2 Å². The van der Waals surface area contributed by atoms with Crippen LogP contribution in [0.2, 0.25) is 0 Å². The Bertz CT molecular complexity index is 857. The van der Waals surface area contributed by atoms with Crippen LogP contribution in [0.15, 0.2) is 52.5 Å². The Morgan fingerprint density at radius 3 is 2.38 bits per heavy atom. The lowest BCUT2D eigenvalue weighted by Gasteiger charge is -2.21. The summed E-state index contributed by atoms with van der Waals surface area (Å²) in [6, 6.07) is 12.6. The molecule has 124 valence electrons. The van der Waals surface area contributed by atoms with Crippen molar-refractivity contribution in [1.29, 1.82) is 0 Å². The summed E-state index contributed by atoms with van der Waals surface area (Å²) in [4.78, 5) is 0.493. The third-order valence-electron chi connectivity index (χ3n) is 3.53. The second-order valence-corrected chi connectivity index (χ2v) is 7.41. The molecule has 0 saturated heterocycles. The molecular formula is C17H18N4O2S. The zero-order chi connectivity index (χ0) is 17.3. The summed E-state index contributed by atoms with van der Waals surface area (Å²) in [5.74, 6) is 0.229. The number of phenols is 2. The van der Waals surface area contributed by atoms with Gasteiger partial charge in [0.1, 0.15) is 11.5 Å². The molecule has 24 heavy (non-hydrogen) atoms. The molecule has 0 aliphatic rings. The van der Waals surface area contributed by atoms with Crippen LogP contribution in [0, 0.1) is 0 Å². The Kier molecular flexibility index (Phi) is 4.19. The lowest BCUT2D eigenvalue weighted by molar-refractivity contribution is 0.427. The summed E-state index contributed by atoms with van der Waals surface area (Å²) in [6.07, 6.45) is 0. The largest absolute Gasteiger partial charge is 0.508 e. The molecule has 1 aromatic heterocycles. The molecule has 2 aromatic carbocycles. The van der Waals surface area contributed by atoms with Crippen molar-refractivity contribution < 1.29 is 10.2 Å². The van der Waals surface area contributed by atoms with Crippen molar-refractivity contribution in [2.24, 2.45) is 0 Å². The van der Waals surface area contributed by atoms with Gasteiger partial charge in [0.15, 0.2) is 0 Å². The van der Waals surface area contributed by atoms with E-state index < -0.39 is 0 Å². The second kappa shape index (κ2) is 6.16. The van der Waals surface area contributed by atoms with Gasteiger partial charge in [-0.1, -0.05) is 39.0 Å². The quantitative estimate of drug-likeness (QED) is 0.709.